The first kappa shape index (κ1) is 47.4. The Balaban J connectivity index is 1.10. The van der Waals surface area contributed by atoms with Gasteiger partial charge in [0.2, 0.25) is 13.4 Å². The van der Waals surface area contributed by atoms with Gasteiger partial charge in [-0.2, -0.15) is 0 Å². The first-order chi connectivity index (χ1) is 39.0. The minimum Gasteiger partial charge on any atom is -0.455 e. The van der Waals surface area contributed by atoms with E-state index in [0.29, 0.717) is 29.6 Å². The van der Waals surface area contributed by atoms with Crippen molar-refractivity contribution in [3.63, 3.8) is 0 Å². The highest BCUT2D eigenvalue weighted by atomic mass is 16.3. The first-order valence-corrected chi connectivity index (χ1v) is 31.9. The van der Waals surface area contributed by atoms with Crippen LogP contribution in [0.25, 0.3) is 55.9 Å². The lowest BCUT2D eigenvalue weighted by atomic mass is 9.30. The van der Waals surface area contributed by atoms with Gasteiger partial charge in [-0.05, 0) is 209 Å². The summed E-state index contributed by atoms with van der Waals surface area (Å²) in [5.74, 6) is 5.05. The number of furan rings is 1. The molecule has 4 fully saturated rings. The van der Waals surface area contributed by atoms with Gasteiger partial charge in [-0.15, -0.1) is 6.58 Å². The van der Waals surface area contributed by atoms with Crippen molar-refractivity contribution in [3.05, 3.63) is 151 Å². The van der Waals surface area contributed by atoms with Gasteiger partial charge in [0.15, 0.2) is 0 Å². The van der Waals surface area contributed by atoms with Crippen molar-refractivity contribution in [1.29, 1.82) is 0 Å². The Bertz CT molecular complexity index is 4350. The largest absolute Gasteiger partial charge is 0.455 e. The van der Waals surface area contributed by atoms with E-state index in [4.69, 9.17) is 4.42 Å². The molecule has 400 valence electrons. The number of allylic oxidation sites excluding steroid dienone is 2. The molecule has 80 heavy (non-hydrogen) atoms. The summed E-state index contributed by atoms with van der Waals surface area (Å²) in [7, 11) is 0. The predicted octanol–water partition coefficient (Wildman–Crippen LogP) is 13.3. The number of nitrogens with zero attached hydrogens (tertiary/aromatic N) is 3. The lowest BCUT2D eigenvalue weighted by Gasteiger charge is -2.38. The van der Waals surface area contributed by atoms with Crippen LogP contribution in [-0.2, 0) is 12.8 Å². The molecule has 6 heterocycles. The third-order valence-electron chi connectivity index (χ3n) is 23.7. The highest BCUT2D eigenvalue weighted by Gasteiger charge is 2.52. The molecule has 5 aromatic carbocycles. The predicted molar refractivity (Wildman–Crippen MR) is 334 cm³/mol. The molecule has 4 aromatic heterocycles. The van der Waals surface area contributed by atoms with Gasteiger partial charge in [0, 0.05) is 39.2 Å². The van der Waals surface area contributed by atoms with Gasteiger partial charge < -0.3 is 4.42 Å². The SMILES string of the molecule is C=CCC(CC)CCc1cc2c3c(c1)B(c1c(C)cccc1C)c1c4c5c(c6oc7c8c(ccc7c6c4n4c(=O)n6c7c(c(c6n-3c14)B2c1c(C)cccc1C)C=C1CC(C)CC7C1)CC1CCCC8C1)C1CC2CC(C1)CC5C2. The topological polar surface area (TPSA) is 44.0 Å². The third-order valence-corrected chi connectivity index (χ3v) is 23.7. The van der Waals surface area contributed by atoms with Gasteiger partial charge in [-0.3, -0.25) is 8.97 Å². The van der Waals surface area contributed by atoms with Crippen LogP contribution >= 0.6 is 0 Å². The molecule has 0 spiro atoms. The van der Waals surface area contributed by atoms with Crippen LogP contribution in [0.15, 0.2) is 88.1 Å². The number of aryl methyl sites for hydroxylation is 5. The van der Waals surface area contributed by atoms with Crippen LogP contribution in [0.2, 0.25) is 0 Å². The van der Waals surface area contributed by atoms with Crippen molar-refractivity contribution < 1.29 is 4.42 Å². The standard InChI is InChI=1S/C73H75B2N3O2/c1-8-13-42(9-2)20-21-44-35-55-67-56(36-44)75(63-40(6)16-11-17-41(63)7)65-61-58-50-29-46-26-47(30-50)32-51(31-46)59(58)70-60(53-23-22-49-28-43-18-12-19-48(27-43)57(49)69(53)80-70)68(61)78-72(65)76(67)71-64(74(55)62-38(4)14-10-15-39(62)5)54-34-45-24-37(3)25-52(33-45)66(54)77(71)73(78)79/h8,10-11,14-17,22-23,34-37,42-43,46-48,50-52H,1,9,12-13,18-21,24-33H2,2-7H3. The van der Waals surface area contributed by atoms with Crippen LogP contribution in [-0.4, -0.2) is 26.8 Å². The number of fused-ring (bicyclic) bond motifs is 18. The molecular formula is C73H75B2N3O2. The average molecular weight is 1050 g/mol. The van der Waals surface area contributed by atoms with E-state index in [-0.39, 0.29) is 25.0 Å². The lowest BCUT2D eigenvalue weighted by Crippen LogP contribution is -2.65. The van der Waals surface area contributed by atoms with E-state index in [2.05, 4.69) is 134 Å². The maximum atomic E-state index is 17.6. The molecule has 19 rings (SSSR count). The molecule has 0 amide bonds. The van der Waals surface area contributed by atoms with E-state index in [1.807, 2.05) is 0 Å². The van der Waals surface area contributed by atoms with Gasteiger partial charge in [0.1, 0.15) is 22.5 Å². The fourth-order valence-electron chi connectivity index (χ4n) is 21.0. The zero-order valence-corrected chi connectivity index (χ0v) is 48.2. The Morgan fingerprint density at radius 2 is 1.36 bits per heavy atom. The Morgan fingerprint density at radius 3 is 2.06 bits per heavy atom. The van der Waals surface area contributed by atoms with Gasteiger partial charge in [-0.25, -0.2) is 9.20 Å². The van der Waals surface area contributed by atoms with Crippen molar-refractivity contribution in [2.75, 3.05) is 0 Å². The minimum absolute atomic E-state index is 0.0457. The molecule has 7 heteroatoms. The zero-order chi connectivity index (χ0) is 53.5. The molecule has 4 saturated carbocycles. The highest BCUT2D eigenvalue weighted by molar-refractivity contribution is 7.03. The second-order valence-electron chi connectivity index (χ2n) is 28.4. The Morgan fingerprint density at radius 1 is 0.688 bits per heavy atom. The van der Waals surface area contributed by atoms with Gasteiger partial charge >= 0.3 is 5.69 Å². The molecule has 10 aliphatic rings. The lowest BCUT2D eigenvalue weighted by molar-refractivity contribution is 0.166. The van der Waals surface area contributed by atoms with Crippen molar-refractivity contribution in [2.45, 2.75) is 174 Å². The van der Waals surface area contributed by atoms with E-state index < -0.39 is 0 Å². The summed E-state index contributed by atoms with van der Waals surface area (Å²) in [4.78, 5) is 17.6. The molecular weight excluding hydrogens is 972 g/mol. The summed E-state index contributed by atoms with van der Waals surface area (Å²) >= 11 is 0. The van der Waals surface area contributed by atoms with E-state index in [1.54, 1.807) is 11.1 Å². The Labute approximate surface area is 472 Å². The normalized spacial score (nSPS) is 25.8. The van der Waals surface area contributed by atoms with Gasteiger partial charge in [-0.1, -0.05) is 145 Å². The van der Waals surface area contributed by atoms with E-state index >= 15 is 4.79 Å². The molecule has 8 aliphatic carbocycles. The molecule has 9 aromatic rings. The molecule has 7 atom stereocenters. The zero-order valence-electron chi connectivity index (χ0n) is 48.2. The summed E-state index contributed by atoms with van der Waals surface area (Å²) in [5.41, 5.74) is 32.6. The van der Waals surface area contributed by atoms with Crippen LogP contribution < -0.4 is 38.5 Å². The monoisotopic (exact) mass is 1050 g/mol. The number of benzene rings is 5. The molecule has 2 aliphatic heterocycles. The van der Waals surface area contributed by atoms with Gasteiger partial charge in [0.25, 0.3) is 0 Å². The highest BCUT2D eigenvalue weighted by Crippen LogP contribution is 2.61. The number of hydrogen-bond acceptors (Lipinski definition) is 2. The fourth-order valence-corrected chi connectivity index (χ4v) is 21.0. The average Bonchev–Trinajstić information content (AvgIpc) is 4.23. The summed E-state index contributed by atoms with van der Waals surface area (Å²) < 4.78 is 15.4. The quantitative estimate of drug-likeness (QED) is 0.112. The van der Waals surface area contributed by atoms with Crippen LogP contribution in [0.1, 0.15) is 195 Å². The Hall–Kier alpha value is -6.20. The van der Waals surface area contributed by atoms with Crippen molar-refractivity contribution in [3.8, 4) is 5.69 Å². The van der Waals surface area contributed by atoms with Crippen molar-refractivity contribution >= 4 is 96.4 Å². The maximum absolute atomic E-state index is 17.6. The summed E-state index contributed by atoms with van der Waals surface area (Å²) in [6.45, 7) is 18.4. The minimum atomic E-state index is -0.0920. The second-order valence-corrected chi connectivity index (χ2v) is 28.4. The van der Waals surface area contributed by atoms with Crippen LogP contribution in [0.5, 0.6) is 0 Å². The first-order valence-electron chi connectivity index (χ1n) is 31.9. The second kappa shape index (κ2) is 16.7. The number of rotatable bonds is 8. The molecule has 0 N–H and O–H groups in total. The van der Waals surface area contributed by atoms with Gasteiger partial charge in [0.05, 0.1) is 10.9 Å². The van der Waals surface area contributed by atoms with Crippen LogP contribution in [0.3, 0.4) is 0 Å². The molecule has 0 radical (unpaired) electrons. The molecule has 8 bridgehead atoms. The fraction of sp³-hybridized carbons (Fsp3) is 0.438. The molecule has 0 saturated heterocycles. The van der Waals surface area contributed by atoms with E-state index in [1.165, 1.54) is 168 Å². The smallest absolute Gasteiger partial charge is 0.340 e. The number of hydrogen-bond donors (Lipinski definition) is 0. The van der Waals surface area contributed by atoms with Crippen LogP contribution in [0.4, 0.5) is 0 Å². The Kier molecular flexibility index (Phi) is 9.92. The maximum Gasteiger partial charge on any atom is 0.340 e. The molecule has 5 nitrogen and oxygen atoms in total. The van der Waals surface area contributed by atoms with Crippen molar-refractivity contribution in [1.82, 2.24) is 13.4 Å². The van der Waals surface area contributed by atoms with Crippen molar-refractivity contribution in [2.24, 2.45) is 29.6 Å². The number of aromatic nitrogens is 3. The van der Waals surface area contributed by atoms with E-state index in [9.17, 15) is 0 Å². The van der Waals surface area contributed by atoms with E-state index in [0.717, 1.165) is 97.1 Å². The summed E-state index contributed by atoms with van der Waals surface area (Å²) in [6.07, 6.45) is 25.1. The summed E-state index contributed by atoms with van der Waals surface area (Å²) in [6, 6.07) is 24.4. The summed E-state index contributed by atoms with van der Waals surface area (Å²) in [5, 5.41) is 3.87. The van der Waals surface area contributed by atoms with Crippen LogP contribution in [0, 0.1) is 57.3 Å². The molecule has 7 unspecified atom stereocenters. The third kappa shape index (κ3) is 6.11.